The Balaban J connectivity index is 1.64. The van der Waals surface area contributed by atoms with Crippen molar-refractivity contribution in [2.24, 2.45) is 0 Å². The topological polar surface area (TPSA) is 55.4 Å². The molecule has 22 heavy (non-hydrogen) atoms. The molecule has 0 radical (unpaired) electrons. The number of nitrogens with zero attached hydrogens (tertiary/aromatic N) is 5. The van der Waals surface area contributed by atoms with Crippen molar-refractivity contribution in [3.8, 4) is 0 Å². The van der Waals surface area contributed by atoms with E-state index >= 15 is 0 Å². The second-order valence-corrected chi connectivity index (χ2v) is 5.69. The van der Waals surface area contributed by atoms with Gasteiger partial charge < -0.3 is 9.30 Å². The molecule has 4 heterocycles. The minimum atomic E-state index is 0.0582. The first-order valence-electron chi connectivity index (χ1n) is 7.46. The number of imidazole rings is 1. The molecule has 0 aliphatic carbocycles. The van der Waals surface area contributed by atoms with Crippen LogP contribution in [0.5, 0.6) is 0 Å². The lowest BCUT2D eigenvalue weighted by molar-refractivity contribution is 0.0745. The van der Waals surface area contributed by atoms with E-state index in [4.69, 9.17) is 0 Å². The summed E-state index contributed by atoms with van der Waals surface area (Å²) in [6.45, 7) is 4.22. The average molecular weight is 295 g/mol. The molecule has 3 aromatic rings. The molecule has 0 spiro atoms. The third-order valence-corrected chi connectivity index (χ3v) is 4.06. The molecule has 1 amide bonds. The first-order valence-corrected chi connectivity index (χ1v) is 7.46. The molecule has 0 saturated carbocycles. The number of rotatable bonds is 1. The molecule has 0 aromatic carbocycles. The normalized spacial score (nSPS) is 14.9. The molecule has 6 heteroatoms. The molecule has 0 atom stereocenters. The van der Waals surface area contributed by atoms with Gasteiger partial charge in [-0.15, -0.1) is 0 Å². The lowest BCUT2D eigenvalue weighted by Gasteiger charge is -2.20. The maximum Gasteiger partial charge on any atom is 0.255 e. The van der Waals surface area contributed by atoms with Crippen molar-refractivity contribution in [2.45, 2.75) is 26.4 Å². The van der Waals surface area contributed by atoms with E-state index < -0.39 is 0 Å². The Bertz CT molecular complexity index is 847. The van der Waals surface area contributed by atoms with Gasteiger partial charge in [0, 0.05) is 31.7 Å². The molecule has 4 rings (SSSR count). The van der Waals surface area contributed by atoms with Crippen molar-refractivity contribution in [3.05, 3.63) is 53.7 Å². The number of fused-ring (bicyclic) bond motifs is 2. The first-order chi connectivity index (χ1) is 10.7. The molecular formula is C16H17N5O. The summed E-state index contributed by atoms with van der Waals surface area (Å²) in [5.74, 6) is 0.0582. The van der Waals surface area contributed by atoms with Crippen molar-refractivity contribution in [1.82, 2.24) is 24.1 Å². The van der Waals surface area contributed by atoms with Crippen LogP contribution in [0.25, 0.3) is 5.65 Å². The van der Waals surface area contributed by atoms with Crippen LogP contribution in [-0.2, 0) is 13.1 Å². The molecule has 0 saturated heterocycles. The summed E-state index contributed by atoms with van der Waals surface area (Å²) >= 11 is 0. The number of hydrogen-bond donors (Lipinski definition) is 0. The van der Waals surface area contributed by atoms with Crippen LogP contribution in [0.4, 0.5) is 0 Å². The predicted octanol–water partition coefficient (Wildman–Crippen LogP) is 1.89. The van der Waals surface area contributed by atoms with Gasteiger partial charge in [0.1, 0.15) is 5.65 Å². The average Bonchev–Trinajstić information content (AvgIpc) is 3.06. The van der Waals surface area contributed by atoms with Gasteiger partial charge in [0.05, 0.1) is 23.5 Å². The fraction of sp³-hybridized carbons (Fsp3) is 0.312. The van der Waals surface area contributed by atoms with Crippen LogP contribution in [0.15, 0.2) is 36.8 Å². The van der Waals surface area contributed by atoms with E-state index in [9.17, 15) is 4.79 Å². The zero-order chi connectivity index (χ0) is 15.1. The van der Waals surface area contributed by atoms with Crippen LogP contribution < -0.4 is 0 Å². The summed E-state index contributed by atoms with van der Waals surface area (Å²) < 4.78 is 3.89. The summed E-state index contributed by atoms with van der Waals surface area (Å²) in [5, 5.41) is 4.48. The molecule has 6 nitrogen and oxygen atoms in total. The third-order valence-electron chi connectivity index (χ3n) is 4.06. The number of aromatic nitrogens is 4. The van der Waals surface area contributed by atoms with Gasteiger partial charge in [-0.2, -0.15) is 5.10 Å². The molecule has 3 aromatic heterocycles. The Hall–Kier alpha value is -2.63. The van der Waals surface area contributed by atoms with Crippen molar-refractivity contribution in [2.75, 3.05) is 6.54 Å². The van der Waals surface area contributed by atoms with E-state index in [1.165, 1.54) is 0 Å². The lowest BCUT2D eigenvalue weighted by Crippen LogP contribution is -2.30. The number of hydrogen-bond acceptors (Lipinski definition) is 3. The van der Waals surface area contributed by atoms with Gasteiger partial charge in [-0.25, -0.2) is 4.98 Å². The van der Waals surface area contributed by atoms with E-state index in [0.717, 1.165) is 36.5 Å². The van der Waals surface area contributed by atoms with Gasteiger partial charge in [0.2, 0.25) is 0 Å². The van der Waals surface area contributed by atoms with Crippen molar-refractivity contribution >= 4 is 11.6 Å². The van der Waals surface area contributed by atoms with Gasteiger partial charge in [-0.3, -0.25) is 9.48 Å². The summed E-state index contributed by atoms with van der Waals surface area (Å²) in [6, 6.07) is 5.78. The first kappa shape index (κ1) is 13.1. The van der Waals surface area contributed by atoms with Crippen LogP contribution in [-0.4, -0.2) is 36.5 Å². The monoisotopic (exact) mass is 295 g/mol. The van der Waals surface area contributed by atoms with E-state index in [1.807, 2.05) is 45.4 Å². The highest BCUT2D eigenvalue weighted by atomic mass is 16.2. The summed E-state index contributed by atoms with van der Waals surface area (Å²) in [6.07, 6.45) is 6.36. The van der Waals surface area contributed by atoms with Crippen molar-refractivity contribution < 1.29 is 4.79 Å². The highest BCUT2D eigenvalue weighted by molar-refractivity contribution is 5.94. The summed E-state index contributed by atoms with van der Waals surface area (Å²) in [5.41, 5.74) is 3.65. The Kier molecular flexibility index (Phi) is 2.96. The molecule has 1 aliphatic rings. The van der Waals surface area contributed by atoms with Crippen molar-refractivity contribution in [3.63, 3.8) is 0 Å². The van der Waals surface area contributed by atoms with Gasteiger partial charge in [0.15, 0.2) is 0 Å². The lowest BCUT2D eigenvalue weighted by atomic mass is 10.2. The smallest absolute Gasteiger partial charge is 0.255 e. The number of carbonyl (C=O) groups excluding carboxylic acids is 1. The highest BCUT2D eigenvalue weighted by Crippen LogP contribution is 2.16. The fourth-order valence-corrected chi connectivity index (χ4v) is 3.01. The van der Waals surface area contributed by atoms with Crippen LogP contribution >= 0.6 is 0 Å². The molecule has 1 aliphatic heterocycles. The number of pyridine rings is 1. The standard InChI is InChI=1S/C16H17N5O/c1-12-9-14-11-20(6-2-7-21(14)18-12)16(22)13-3-4-15-17-5-8-19(15)10-13/h3-5,8-10H,2,6-7,11H2,1H3. The van der Waals surface area contributed by atoms with Crippen LogP contribution in [0.1, 0.15) is 28.2 Å². The molecular weight excluding hydrogens is 278 g/mol. The quantitative estimate of drug-likeness (QED) is 0.689. The van der Waals surface area contributed by atoms with Crippen LogP contribution in [0.3, 0.4) is 0 Å². The van der Waals surface area contributed by atoms with E-state index in [-0.39, 0.29) is 5.91 Å². The Labute approximate surface area is 128 Å². The molecule has 0 bridgehead atoms. The highest BCUT2D eigenvalue weighted by Gasteiger charge is 2.21. The Morgan fingerprint density at radius 1 is 1.27 bits per heavy atom. The van der Waals surface area contributed by atoms with Gasteiger partial charge in [-0.05, 0) is 31.5 Å². The van der Waals surface area contributed by atoms with Crippen LogP contribution in [0, 0.1) is 6.92 Å². The van der Waals surface area contributed by atoms with E-state index in [1.54, 1.807) is 6.20 Å². The van der Waals surface area contributed by atoms with Crippen molar-refractivity contribution in [1.29, 1.82) is 0 Å². The largest absolute Gasteiger partial charge is 0.333 e. The van der Waals surface area contributed by atoms with Gasteiger partial charge >= 0.3 is 0 Å². The minimum absolute atomic E-state index is 0.0582. The Morgan fingerprint density at radius 2 is 2.18 bits per heavy atom. The fourth-order valence-electron chi connectivity index (χ4n) is 3.01. The number of carbonyl (C=O) groups is 1. The van der Waals surface area contributed by atoms with E-state index in [0.29, 0.717) is 12.1 Å². The molecule has 0 unspecified atom stereocenters. The summed E-state index contributed by atoms with van der Waals surface area (Å²) in [4.78, 5) is 18.9. The summed E-state index contributed by atoms with van der Waals surface area (Å²) in [7, 11) is 0. The number of aryl methyl sites for hydroxylation is 2. The van der Waals surface area contributed by atoms with E-state index in [2.05, 4.69) is 16.1 Å². The zero-order valence-electron chi connectivity index (χ0n) is 12.4. The second-order valence-electron chi connectivity index (χ2n) is 5.69. The van der Waals surface area contributed by atoms with Gasteiger partial charge in [0.25, 0.3) is 5.91 Å². The SMILES string of the molecule is Cc1cc2n(n1)CCCN(C(=O)c1ccc3nccn3c1)C2. The number of amides is 1. The van der Waals surface area contributed by atoms with Gasteiger partial charge in [-0.1, -0.05) is 0 Å². The predicted molar refractivity (Wildman–Crippen MR) is 81.5 cm³/mol. The molecule has 0 N–H and O–H groups in total. The molecule has 112 valence electrons. The second kappa shape index (κ2) is 4.98. The Morgan fingerprint density at radius 3 is 3.09 bits per heavy atom. The maximum absolute atomic E-state index is 12.8. The maximum atomic E-state index is 12.8. The third kappa shape index (κ3) is 2.16. The molecule has 0 fully saturated rings. The minimum Gasteiger partial charge on any atom is -0.333 e. The van der Waals surface area contributed by atoms with Crippen LogP contribution in [0.2, 0.25) is 0 Å². The zero-order valence-corrected chi connectivity index (χ0v) is 12.4.